The highest BCUT2D eigenvalue weighted by molar-refractivity contribution is 7.93. The number of aliphatic carboxylic acids is 1. The number of nitrogens with zero attached hydrogens (tertiary/aromatic N) is 1. The van der Waals surface area contributed by atoms with Gasteiger partial charge in [-0.2, -0.15) is 0 Å². The fourth-order valence-electron chi connectivity index (χ4n) is 1.81. The van der Waals surface area contributed by atoms with E-state index < -0.39 is 21.9 Å². The van der Waals surface area contributed by atoms with Gasteiger partial charge in [0.05, 0.1) is 10.9 Å². The number of aromatic nitrogens is 1. The summed E-state index contributed by atoms with van der Waals surface area (Å²) in [7, 11) is -3.34. The second kappa shape index (κ2) is 5.09. The molecule has 0 spiro atoms. The molecule has 1 saturated carbocycles. The molecule has 1 atom stereocenters. The van der Waals surface area contributed by atoms with Gasteiger partial charge in [0.2, 0.25) is 10.0 Å². The van der Waals surface area contributed by atoms with Gasteiger partial charge < -0.3 is 5.11 Å². The van der Waals surface area contributed by atoms with Crippen LogP contribution in [-0.4, -0.2) is 29.7 Å². The van der Waals surface area contributed by atoms with Crippen LogP contribution in [0.15, 0.2) is 5.38 Å². The lowest BCUT2D eigenvalue weighted by Gasteiger charge is -2.13. The predicted octanol–water partition coefficient (Wildman–Crippen LogP) is 1.87. The lowest BCUT2D eigenvalue weighted by atomic mass is 9.93. The van der Waals surface area contributed by atoms with Crippen molar-refractivity contribution in [2.45, 2.75) is 37.9 Å². The summed E-state index contributed by atoms with van der Waals surface area (Å²) in [5, 5.41) is 10.7. The number of nitrogens with one attached hydrogen (secondary N) is 1. The molecule has 1 aromatic heterocycles. The molecule has 6 nitrogen and oxygen atoms in total. The SMILES string of the molecule is CC(C)C(C(=O)O)c1csc(NS(=O)(=O)C2CC2)n1. The van der Waals surface area contributed by atoms with Gasteiger partial charge in [-0.05, 0) is 18.8 Å². The molecule has 1 heterocycles. The molecular weight excluding hydrogens is 288 g/mol. The van der Waals surface area contributed by atoms with Crippen LogP contribution < -0.4 is 4.72 Å². The first-order valence-corrected chi connectivity index (χ1v) is 8.43. The zero-order valence-electron chi connectivity index (χ0n) is 10.7. The van der Waals surface area contributed by atoms with Crippen LogP contribution in [0.4, 0.5) is 5.13 Å². The third kappa shape index (κ3) is 3.24. The second-order valence-electron chi connectivity index (χ2n) is 4.98. The van der Waals surface area contributed by atoms with E-state index in [-0.39, 0.29) is 16.3 Å². The van der Waals surface area contributed by atoms with Crippen molar-refractivity contribution in [3.8, 4) is 0 Å². The van der Waals surface area contributed by atoms with E-state index >= 15 is 0 Å². The Morgan fingerprint density at radius 3 is 2.63 bits per heavy atom. The predicted molar refractivity (Wildman–Crippen MR) is 72.9 cm³/mol. The monoisotopic (exact) mass is 304 g/mol. The molecule has 0 saturated heterocycles. The van der Waals surface area contributed by atoms with Crippen LogP contribution in [0.25, 0.3) is 0 Å². The number of carboxylic acid groups (broad SMARTS) is 1. The number of rotatable bonds is 6. The summed E-state index contributed by atoms with van der Waals surface area (Å²) >= 11 is 1.12. The number of sulfonamides is 1. The minimum absolute atomic E-state index is 0.104. The Bertz CT molecular complexity index is 575. The van der Waals surface area contributed by atoms with Gasteiger partial charge >= 0.3 is 5.97 Å². The Balaban J connectivity index is 2.16. The van der Waals surface area contributed by atoms with Gasteiger partial charge in [0.1, 0.15) is 5.92 Å². The van der Waals surface area contributed by atoms with Gasteiger partial charge in [0.15, 0.2) is 5.13 Å². The van der Waals surface area contributed by atoms with Crippen molar-refractivity contribution >= 4 is 32.5 Å². The topological polar surface area (TPSA) is 96.4 Å². The molecule has 0 bridgehead atoms. The van der Waals surface area contributed by atoms with Gasteiger partial charge in [0, 0.05) is 5.38 Å². The fourth-order valence-corrected chi connectivity index (χ4v) is 4.16. The highest BCUT2D eigenvalue weighted by Gasteiger charge is 2.36. The van der Waals surface area contributed by atoms with E-state index in [4.69, 9.17) is 5.11 Å². The van der Waals surface area contributed by atoms with E-state index in [9.17, 15) is 13.2 Å². The van der Waals surface area contributed by atoms with Crippen molar-refractivity contribution in [2.75, 3.05) is 4.72 Å². The molecule has 106 valence electrons. The van der Waals surface area contributed by atoms with E-state index in [1.54, 1.807) is 19.2 Å². The largest absolute Gasteiger partial charge is 0.481 e. The Morgan fingerprint density at radius 2 is 2.16 bits per heavy atom. The standard InChI is InChI=1S/C11H16N2O4S2/c1-6(2)9(10(14)15)8-5-18-11(12-8)13-19(16,17)7-3-4-7/h5-7,9H,3-4H2,1-2H3,(H,12,13)(H,14,15). The summed E-state index contributed by atoms with van der Waals surface area (Å²) in [4.78, 5) is 15.3. The third-order valence-corrected chi connectivity index (χ3v) is 5.70. The lowest BCUT2D eigenvalue weighted by Crippen LogP contribution is -2.19. The Kier molecular flexibility index (Phi) is 3.82. The zero-order chi connectivity index (χ0) is 14.2. The van der Waals surface area contributed by atoms with Gasteiger partial charge in [-0.15, -0.1) is 11.3 Å². The Labute approximate surface area is 115 Å². The summed E-state index contributed by atoms with van der Waals surface area (Å²) in [6, 6.07) is 0. The van der Waals surface area contributed by atoms with Gasteiger partial charge in [-0.25, -0.2) is 13.4 Å². The van der Waals surface area contributed by atoms with E-state index in [2.05, 4.69) is 9.71 Å². The van der Waals surface area contributed by atoms with Gasteiger partial charge in [-0.1, -0.05) is 13.8 Å². The van der Waals surface area contributed by atoms with Crippen LogP contribution in [0.3, 0.4) is 0 Å². The van der Waals surface area contributed by atoms with Crippen molar-refractivity contribution < 1.29 is 18.3 Å². The number of carboxylic acids is 1. The molecule has 8 heteroatoms. The van der Waals surface area contributed by atoms with Crippen LogP contribution >= 0.6 is 11.3 Å². The summed E-state index contributed by atoms with van der Waals surface area (Å²) in [5.74, 6) is -1.76. The molecule has 19 heavy (non-hydrogen) atoms. The smallest absolute Gasteiger partial charge is 0.312 e. The van der Waals surface area contributed by atoms with Gasteiger partial charge in [-0.3, -0.25) is 9.52 Å². The maximum Gasteiger partial charge on any atom is 0.312 e. The maximum absolute atomic E-state index is 11.7. The van der Waals surface area contributed by atoms with Crippen LogP contribution in [-0.2, 0) is 14.8 Å². The summed E-state index contributed by atoms with van der Waals surface area (Å²) in [6.45, 7) is 3.60. The number of hydrogen-bond donors (Lipinski definition) is 2. The van der Waals surface area contributed by atoms with E-state index in [1.807, 2.05) is 0 Å². The molecule has 1 aliphatic rings. The first-order valence-electron chi connectivity index (χ1n) is 6.01. The molecule has 1 fully saturated rings. The third-order valence-electron chi connectivity index (χ3n) is 2.97. The van der Waals surface area contributed by atoms with Crippen LogP contribution in [0.1, 0.15) is 38.3 Å². The lowest BCUT2D eigenvalue weighted by molar-refractivity contribution is -0.139. The minimum atomic E-state index is -3.34. The van der Waals surface area contributed by atoms with Crippen molar-refractivity contribution in [2.24, 2.45) is 5.92 Å². The molecule has 1 aliphatic carbocycles. The highest BCUT2D eigenvalue weighted by Crippen LogP contribution is 2.32. The average molecular weight is 304 g/mol. The average Bonchev–Trinajstić information content (AvgIpc) is 3.02. The quantitative estimate of drug-likeness (QED) is 0.836. The van der Waals surface area contributed by atoms with Crippen molar-refractivity contribution in [1.29, 1.82) is 0 Å². The van der Waals surface area contributed by atoms with Crippen molar-refractivity contribution in [1.82, 2.24) is 4.98 Å². The van der Waals surface area contributed by atoms with E-state index in [0.717, 1.165) is 11.3 Å². The fraction of sp³-hybridized carbons (Fsp3) is 0.636. The normalized spacial score (nSPS) is 17.4. The number of anilines is 1. The van der Waals surface area contributed by atoms with Crippen molar-refractivity contribution in [3.05, 3.63) is 11.1 Å². The summed E-state index contributed by atoms with van der Waals surface area (Å²) in [6.07, 6.45) is 1.36. The molecular formula is C11H16N2O4S2. The molecule has 0 aromatic carbocycles. The van der Waals surface area contributed by atoms with Crippen LogP contribution in [0.2, 0.25) is 0 Å². The van der Waals surface area contributed by atoms with Crippen molar-refractivity contribution in [3.63, 3.8) is 0 Å². The highest BCUT2D eigenvalue weighted by atomic mass is 32.2. The van der Waals surface area contributed by atoms with Crippen LogP contribution in [0, 0.1) is 5.92 Å². The van der Waals surface area contributed by atoms with E-state index in [0.29, 0.717) is 18.5 Å². The maximum atomic E-state index is 11.7. The molecule has 0 amide bonds. The number of hydrogen-bond acceptors (Lipinski definition) is 5. The molecule has 2 rings (SSSR count). The Morgan fingerprint density at radius 1 is 1.53 bits per heavy atom. The molecule has 1 unspecified atom stereocenters. The summed E-state index contributed by atoms with van der Waals surface area (Å²) < 4.78 is 25.9. The van der Waals surface area contributed by atoms with E-state index in [1.165, 1.54) is 0 Å². The molecule has 2 N–H and O–H groups in total. The number of carbonyl (C=O) groups is 1. The Hall–Kier alpha value is -1.15. The minimum Gasteiger partial charge on any atom is -0.481 e. The second-order valence-corrected chi connectivity index (χ2v) is 7.80. The number of thiazole rings is 1. The molecule has 0 aliphatic heterocycles. The first-order chi connectivity index (χ1) is 8.81. The summed E-state index contributed by atoms with van der Waals surface area (Å²) in [5.41, 5.74) is 0.404. The zero-order valence-corrected chi connectivity index (χ0v) is 12.3. The molecule has 0 radical (unpaired) electrons. The van der Waals surface area contributed by atoms with Gasteiger partial charge in [0.25, 0.3) is 0 Å². The molecule has 1 aromatic rings. The first kappa shape index (κ1) is 14.3. The van der Waals surface area contributed by atoms with Crippen LogP contribution in [0.5, 0.6) is 0 Å².